The number of imide groups is 2. The molecule has 2 atom stereocenters. The molecule has 12 nitrogen and oxygen atoms in total. The van der Waals surface area contributed by atoms with Gasteiger partial charge in [0.2, 0.25) is 17.7 Å². The highest BCUT2D eigenvalue weighted by Gasteiger charge is 2.46. The number of hydrogen-bond acceptors (Lipinski definition) is 9. The molecule has 12 heteroatoms. The van der Waals surface area contributed by atoms with Crippen molar-refractivity contribution in [2.24, 2.45) is 0 Å². The van der Waals surface area contributed by atoms with Crippen LogP contribution < -0.4 is 15.8 Å². The number of aromatic nitrogens is 2. The van der Waals surface area contributed by atoms with Crippen molar-refractivity contribution in [2.75, 3.05) is 18.9 Å². The molecule has 0 aliphatic carbocycles. The predicted molar refractivity (Wildman–Crippen MR) is 128 cm³/mol. The zero-order chi connectivity index (χ0) is 26.1. The summed E-state index contributed by atoms with van der Waals surface area (Å²) in [5.74, 6) is -1.28. The van der Waals surface area contributed by atoms with Crippen LogP contribution in [0.25, 0.3) is 0 Å². The highest BCUT2D eigenvalue weighted by Crippen LogP contribution is 2.34. The first-order chi connectivity index (χ1) is 17.8. The van der Waals surface area contributed by atoms with E-state index in [1.807, 2.05) is 0 Å². The molecule has 5 rings (SSSR count). The number of carbonyl (C=O) groups is 5. The fourth-order valence-electron chi connectivity index (χ4n) is 5.04. The van der Waals surface area contributed by atoms with E-state index in [0.29, 0.717) is 24.6 Å². The summed E-state index contributed by atoms with van der Waals surface area (Å²) in [4.78, 5) is 73.9. The van der Waals surface area contributed by atoms with Crippen LogP contribution in [-0.4, -0.2) is 68.5 Å². The molecule has 0 saturated carbocycles. The van der Waals surface area contributed by atoms with Gasteiger partial charge >= 0.3 is 0 Å². The van der Waals surface area contributed by atoms with Gasteiger partial charge in [-0.3, -0.25) is 34.2 Å². The minimum Gasteiger partial charge on any atom is -0.493 e. The summed E-state index contributed by atoms with van der Waals surface area (Å²) in [5, 5.41) is 2.18. The highest BCUT2D eigenvalue weighted by molar-refractivity contribution is 6.24. The van der Waals surface area contributed by atoms with Crippen molar-refractivity contribution in [1.29, 1.82) is 0 Å². The molecule has 0 bridgehead atoms. The number of hydrogen-bond donors (Lipinski definition) is 2. The Balaban J connectivity index is 1.20. The van der Waals surface area contributed by atoms with Crippen LogP contribution in [0.1, 0.15) is 71.1 Å². The Bertz CT molecular complexity index is 1300. The molecule has 2 fully saturated rings. The molecule has 3 N–H and O–H groups in total. The number of fused-ring (bicyclic) bond motifs is 1. The quantitative estimate of drug-likeness (QED) is 0.411. The second kappa shape index (κ2) is 9.96. The summed E-state index contributed by atoms with van der Waals surface area (Å²) < 4.78 is 5.82. The van der Waals surface area contributed by atoms with E-state index in [-0.39, 0.29) is 54.7 Å². The van der Waals surface area contributed by atoms with Gasteiger partial charge < -0.3 is 15.4 Å². The van der Waals surface area contributed by atoms with E-state index in [4.69, 9.17) is 10.5 Å². The summed E-state index contributed by atoms with van der Waals surface area (Å²) in [6.45, 7) is 0.761. The molecular weight excluding hydrogens is 480 g/mol. The number of piperidine rings is 1. The number of benzene rings is 1. The van der Waals surface area contributed by atoms with Gasteiger partial charge in [-0.25, -0.2) is 9.97 Å². The van der Waals surface area contributed by atoms with E-state index >= 15 is 0 Å². The van der Waals surface area contributed by atoms with Gasteiger partial charge in [-0.15, -0.1) is 0 Å². The minimum absolute atomic E-state index is 0.0445. The lowest BCUT2D eigenvalue weighted by atomic mass is 10.0. The maximum absolute atomic E-state index is 13.1. The largest absolute Gasteiger partial charge is 0.493 e. The second-order valence-corrected chi connectivity index (χ2v) is 9.16. The molecule has 3 aliphatic heterocycles. The van der Waals surface area contributed by atoms with Gasteiger partial charge in [0.15, 0.2) is 5.82 Å². The molecule has 192 valence electrons. The van der Waals surface area contributed by atoms with Gasteiger partial charge in [0.25, 0.3) is 11.8 Å². The standard InChI is InChI=1S/C25H26N6O6/c26-18-10-11-27-22(28-18)15-5-2-12-30(15)20(33)7-3-13-37-17-6-1-4-14-21(17)25(36)31(24(14)35)16-8-9-19(32)29-23(16)34/h1,4,6,10-11,15-16H,2-3,5,7-9,12-13H2,(H2,26,27,28)(H,29,32,34). The number of anilines is 1. The highest BCUT2D eigenvalue weighted by atomic mass is 16.5. The van der Waals surface area contributed by atoms with E-state index in [2.05, 4.69) is 15.3 Å². The lowest BCUT2D eigenvalue weighted by molar-refractivity contribution is -0.136. The number of ether oxygens (including phenoxy) is 1. The number of amides is 5. The molecule has 37 heavy (non-hydrogen) atoms. The zero-order valence-electron chi connectivity index (χ0n) is 20.0. The Labute approximate surface area is 212 Å². The molecule has 1 aromatic heterocycles. The SMILES string of the molecule is Nc1ccnc(C2CCCN2C(=O)CCCOc2cccc3c2C(=O)N(C2CCC(=O)NC2=O)C3=O)n1. The first-order valence-electron chi connectivity index (χ1n) is 12.2. The summed E-state index contributed by atoms with van der Waals surface area (Å²) in [6, 6.07) is 5.02. The predicted octanol–water partition coefficient (Wildman–Crippen LogP) is 0.983. The lowest BCUT2D eigenvalue weighted by Gasteiger charge is -2.27. The summed E-state index contributed by atoms with van der Waals surface area (Å²) >= 11 is 0. The molecule has 1 aromatic carbocycles. The number of nitrogens with one attached hydrogen (secondary N) is 1. The number of carbonyl (C=O) groups excluding carboxylic acids is 5. The molecule has 0 spiro atoms. The van der Waals surface area contributed by atoms with E-state index in [9.17, 15) is 24.0 Å². The van der Waals surface area contributed by atoms with Crippen LogP contribution >= 0.6 is 0 Å². The molecule has 4 heterocycles. The maximum atomic E-state index is 13.1. The third-order valence-corrected chi connectivity index (χ3v) is 6.79. The molecule has 2 aromatic rings. The first-order valence-corrected chi connectivity index (χ1v) is 12.2. The third-order valence-electron chi connectivity index (χ3n) is 6.79. The van der Waals surface area contributed by atoms with Crippen molar-refractivity contribution in [1.82, 2.24) is 25.1 Å². The Morgan fingerprint density at radius 3 is 2.73 bits per heavy atom. The second-order valence-electron chi connectivity index (χ2n) is 9.16. The van der Waals surface area contributed by atoms with Gasteiger partial charge in [0.1, 0.15) is 17.6 Å². The molecule has 3 aliphatic rings. The van der Waals surface area contributed by atoms with Crippen molar-refractivity contribution >= 4 is 35.4 Å². The first kappa shape index (κ1) is 24.3. The van der Waals surface area contributed by atoms with E-state index in [1.54, 1.807) is 29.3 Å². The van der Waals surface area contributed by atoms with E-state index < -0.39 is 29.7 Å². The average Bonchev–Trinajstić information content (AvgIpc) is 3.46. The van der Waals surface area contributed by atoms with E-state index in [1.165, 1.54) is 6.07 Å². The maximum Gasteiger partial charge on any atom is 0.266 e. The number of likely N-dealkylation sites (tertiary alicyclic amines) is 1. The number of rotatable bonds is 7. The van der Waals surface area contributed by atoms with Crippen molar-refractivity contribution < 1.29 is 28.7 Å². The molecular formula is C25H26N6O6. The summed E-state index contributed by atoms with van der Waals surface area (Å²) in [7, 11) is 0. The third kappa shape index (κ3) is 4.61. The van der Waals surface area contributed by atoms with Crippen molar-refractivity contribution in [2.45, 2.75) is 50.6 Å². The van der Waals surface area contributed by atoms with Gasteiger partial charge in [0, 0.05) is 25.6 Å². The van der Waals surface area contributed by atoms with Crippen LogP contribution in [0.2, 0.25) is 0 Å². The normalized spacial score (nSPS) is 21.3. The number of nitrogens with two attached hydrogens (primary N) is 1. The van der Waals surface area contributed by atoms with Crippen LogP contribution in [0.5, 0.6) is 5.75 Å². The van der Waals surface area contributed by atoms with Crippen LogP contribution in [0.4, 0.5) is 5.82 Å². The van der Waals surface area contributed by atoms with Gasteiger partial charge in [-0.1, -0.05) is 6.07 Å². The van der Waals surface area contributed by atoms with Crippen molar-refractivity contribution in [3.05, 3.63) is 47.4 Å². The summed E-state index contributed by atoms with van der Waals surface area (Å²) in [6.07, 6.45) is 3.93. The Hall–Kier alpha value is -4.35. The molecule has 5 amide bonds. The van der Waals surface area contributed by atoms with Crippen molar-refractivity contribution in [3.63, 3.8) is 0 Å². The monoisotopic (exact) mass is 506 g/mol. The van der Waals surface area contributed by atoms with Crippen molar-refractivity contribution in [3.8, 4) is 5.75 Å². The minimum atomic E-state index is -1.05. The Morgan fingerprint density at radius 2 is 1.95 bits per heavy atom. The van der Waals surface area contributed by atoms with Crippen LogP contribution in [0.15, 0.2) is 30.5 Å². The van der Waals surface area contributed by atoms with E-state index in [0.717, 1.165) is 17.7 Å². The smallest absolute Gasteiger partial charge is 0.266 e. The van der Waals surface area contributed by atoms with Crippen LogP contribution in [-0.2, 0) is 14.4 Å². The Morgan fingerprint density at radius 1 is 1.11 bits per heavy atom. The molecule has 0 radical (unpaired) electrons. The number of nitrogen functional groups attached to an aromatic ring is 1. The van der Waals surface area contributed by atoms with Gasteiger partial charge in [0.05, 0.1) is 23.8 Å². The lowest BCUT2D eigenvalue weighted by Crippen LogP contribution is -2.54. The fraction of sp³-hybridized carbons (Fsp3) is 0.400. The number of nitrogens with zero attached hydrogens (tertiary/aromatic N) is 4. The Kier molecular flexibility index (Phi) is 6.55. The van der Waals surface area contributed by atoms with Gasteiger partial charge in [-0.05, 0) is 43.9 Å². The zero-order valence-corrected chi connectivity index (χ0v) is 20.0. The van der Waals surface area contributed by atoms with Gasteiger partial charge in [-0.2, -0.15) is 0 Å². The summed E-state index contributed by atoms with van der Waals surface area (Å²) in [5.41, 5.74) is 6.00. The topological polar surface area (TPSA) is 165 Å². The van der Waals surface area contributed by atoms with Crippen LogP contribution in [0, 0.1) is 0 Å². The van der Waals surface area contributed by atoms with Crippen LogP contribution in [0.3, 0.4) is 0 Å². The fourth-order valence-corrected chi connectivity index (χ4v) is 5.04. The molecule has 2 unspecified atom stereocenters. The average molecular weight is 507 g/mol. The molecule has 2 saturated heterocycles.